The molecule has 0 bridgehead atoms. The predicted molar refractivity (Wildman–Crippen MR) is 101 cm³/mol. The van der Waals surface area contributed by atoms with Crippen molar-refractivity contribution in [3.05, 3.63) is 11.6 Å². The zero-order chi connectivity index (χ0) is 21.1. The number of aliphatic hydroxyl groups is 2. The summed E-state index contributed by atoms with van der Waals surface area (Å²) in [6, 6.07) is -0.739. The van der Waals surface area contributed by atoms with Crippen LogP contribution in [-0.2, 0) is 14.3 Å². The number of halogens is 1. The number of aromatic nitrogens is 4. The van der Waals surface area contributed by atoms with Gasteiger partial charge in [0.25, 0.3) is 0 Å². The number of hydrogen-bond acceptors (Lipinski definition) is 12. The molecule has 1 saturated heterocycles. The van der Waals surface area contributed by atoms with Gasteiger partial charge in [-0.05, 0) is 31.0 Å². The number of nitrogens with zero attached hydrogens (tertiary/aromatic N) is 4. The molecule has 0 unspecified atom stereocenters. The van der Waals surface area contributed by atoms with Crippen molar-refractivity contribution in [1.29, 1.82) is 0 Å². The Morgan fingerprint density at radius 1 is 1.41 bits per heavy atom. The fourth-order valence-corrected chi connectivity index (χ4v) is 3.22. The van der Waals surface area contributed by atoms with Gasteiger partial charge in [0, 0.05) is 0 Å². The summed E-state index contributed by atoms with van der Waals surface area (Å²) in [5, 5.41) is 20.6. The van der Waals surface area contributed by atoms with Crippen LogP contribution < -0.4 is 22.7 Å². The average Bonchev–Trinajstić information content (AvgIpc) is 3.22. The van der Waals surface area contributed by atoms with Gasteiger partial charge in [0.05, 0.1) is 6.33 Å². The predicted octanol–water partition coefficient (Wildman–Crippen LogP) is -2.20. The first-order chi connectivity index (χ1) is 13.9. The minimum absolute atomic E-state index is 0.0649. The number of nitrogen functional groups attached to an aromatic ring is 1. The summed E-state index contributed by atoms with van der Waals surface area (Å²) in [5.41, 5.74) is 14.1. The minimum Gasteiger partial charge on any atom is -0.462 e. The van der Waals surface area contributed by atoms with E-state index < -0.39 is 36.6 Å². The van der Waals surface area contributed by atoms with E-state index >= 15 is 0 Å². The molecule has 13 nitrogen and oxygen atoms in total. The van der Waals surface area contributed by atoms with Gasteiger partial charge in [-0.1, -0.05) is 0 Å². The minimum atomic E-state index is -1.34. The summed E-state index contributed by atoms with van der Waals surface area (Å²) in [6.07, 6.45) is -2.39. The number of aliphatic hydroxyl groups excluding tert-OH is 2. The second kappa shape index (κ2) is 9.13. The number of nitrogens with one attached hydrogen (secondary N) is 1. The van der Waals surface area contributed by atoms with Crippen molar-refractivity contribution >= 4 is 34.6 Å². The lowest BCUT2D eigenvalue weighted by Gasteiger charge is -2.18. The average molecular weight is 431 g/mol. The molecule has 14 heteroatoms. The molecule has 3 rings (SSSR count). The first kappa shape index (κ1) is 21.6. The van der Waals surface area contributed by atoms with E-state index in [4.69, 9.17) is 38.4 Å². The van der Waals surface area contributed by atoms with E-state index in [1.165, 1.54) is 10.9 Å². The second-order valence-corrected chi connectivity index (χ2v) is 6.87. The van der Waals surface area contributed by atoms with Crippen molar-refractivity contribution in [3.63, 3.8) is 0 Å². The lowest BCUT2D eigenvalue weighted by molar-refractivity contribution is -0.152. The van der Waals surface area contributed by atoms with Gasteiger partial charge in [-0.25, -0.2) is 10.4 Å². The van der Waals surface area contributed by atoms with Crippen molar-refractivity contribution in [1.82, 2.24) is 24.9 Å². The quantitative estimate of drug-likeness (QED) is 0.114. The molecule has 9 N–H and O–H groups in total. The van der Waals surface area contributed by atoms with Crippen molar-refractivity contribution < 1.29 is 24.5 Å². The smallest absolute Gasteiger partial charge is 0.324 e. The standard InChI is InChI=1S/C15H23ClN8O5/c16-15-21-11(18)8-12(22-15)24(5-20-8)13-10(26)9(25)7(29-13)4-28-14(27)6(23-19)2-1-3-17/h5-7,9-10,13,23,25-26H,1-4,17,19H2,(H2,18,21,22)/t6-,7+,9+,10+,13+/m0/s1. The monoisotopic (exact) mass is 430 g/mol. The normalized spacial score (nSPS) is 25.4. The SMILES string of the molecule is NCCC[C@H](NN)C(=O)OC[C@H]1O[C@@H](n2cnc3c(N)nc(Cl)nc32)[C@H](O)[C@@H]1O. The van der Waals surface area contributed by atoms with Gasteiger partial charge in [0.1, 0.15) is 36.5 Å². The highest BCUT2D eigenvalue weighted by atomic mass is 35.5. The Hall–Kier alpha value is -2.13. The topological polar surface area (TPSA) is 210 Å². The number of imidazole rings is 1. The number of carbonyl (C=O) groups excluding carboxylic acids is 1. The van der Waals surface area contributed by atoms with E-state index in [1.807, 2.05) is 0 Å². The highest BCUT2D eigenvalue weighted by Gasteiger charge is 2.45. The molecular weight excluding hydrogens is 408 g/mol. The van der Waals surface area contributed by atoms with Gasteiger partial charge in [-0.15, -0.1) is 0 Å². The van der Waals surface area contributed by atoms with Gasteiger partial charge < -0.3 is 31.2 Å². The molecule has 0 aliphatic carbocycles. The summed E-state index contributed by atoms with van der Waals surface area (Å²) in [4.78, 5) is 24.1. The van der Waals surface area contributed by atoms with E-state index in [-0.39, 0.29) is 28.9 Å². The van der Waals surface area contributed by atoms with Gasteiger partial charge in [-0.3, -0.25) is 15.2 Å². The third-order valence-corrected chi connectivity index (χ3v) is 4.77. The fraction of sp³-hybridized carbons (Fsp3) is 0.600. The number of nitrogens with two attached hydrogens (primary N) is 3. The zero-order valence-corrected chi connectivity index (χ0v) is 16.1. The number of rotatable bonds is 8. The summed E-state index contributed by atoms with van der Waals surface area (Å²) >= 11 is 5.84. The molecule has 1 aliphatic rings. The summed E-state index contributed by atoms with van der Waals surface area (Å²) in [7, 11) is 0. The van der Waals surface area contributed by atoms with E-state index in [2.05, 4.69) is 20.4 Å². The van der Waals surface area contributed by atoms with Crippen molar-refractivity contribution in [2.45, 2.75) is 43.4 Å². The Kier molecular flexibility index (Phi) is 6.79. The Balaban J connectivity index is 1.70. The van der Waals surface area contributed by atoms with Crippen LogP contribution in [0.15, 0.2) is 6.33 Å². The molecule has 0 aromatic carbocycles. The molecule has 2 aromatic heterocycles. The lowest BCUT2D eigenvalue weighted by atomic mass is 10.1. The number of hydrazine groups is 1. The summed E-state index contributed by atoms with van der Waals surface area (Å²) in [6.45, 7) is 0.111. The Morgan fingerprint density at radius 3 is 2.86 bits per heavy atom. The van der Waals surface area contributed by atoms with Crippen LogP contribution >= 0.6 is 11.6 Å². The second-order valence-electron chi connectivity index (χ2n) is 6.53. The number of ether oxygens (including phenoxy) is 2. The van der Waals surface area contributed by atoms with E-state index in [1.54, 1.807) is 0 Å². The van der Waals surface area contributed by atoms with Gasteiger partial charge >= 0.3 is 5.97 Å². The highest BCUT2D eigenvalue weighted by molar-refractivity contribution is 6.28. The van der Waals surface area contributed by atoms with Gasteiger partial charge in [0.2, 0.25) is 5.28 Å². The largest absolute Gasteiger partial charge is 0.462 e. The van der Waals surface area contributed by atoms with Crippen molar-refractivity contribution in [2.75, 3.05) is 18.9 Å². The summed E-state index contributed by atoms with van der Waals surface area (Å²) < 4.78 is 12.2. The van der Waals surface area contributed by atoms with Crippen LogP contribution in [0.5, 0.6) is 0 Å². The molecule has 29 heavy (non-hydrogen) atoms. The fourth-order valence-electron chi connectivity index (χ4n) is 3.05. The van der Waals surface area contributed by atoms with Gasteiger partial charge in [0.15, 0.2) is 17.7 Å². The van der Waals surface area contributed by atoms with E-state index in [0.29, 0.717) is 19.4 Å². The van der Waals surface area contributed by atoms with Crippen LogP contribution in [0.1, 0.15) is 19.1 Å². The first-order valence-corrected chi connectivity index (χ1v) is 9.25. The van der Waals surface area contributed by atoms with Crippen LogP contribution in [0.2, 0.25) is 5.28 Å². The molecule has 0 amide bonds. The van der Waals surface area contributed by atoms with Crippen LogP contribution in [0.4, 0.5) is 5.82 Å². The first-order valence-electron chi connectivity index (χ1n) is 8.87. The number of carbonyl (C=O) groups is 1. The van der Waals surface area contributed by atoms with Crippen molar-refractivity contribution in [3.8, 4) is 0 Å². The number of fused-ring (bicyclic) bond motifs is 1. The number of esters is 1. The maximum absolute atomic E-state index is 12.1. The molecule has 0 radical (unpaired) electrons. The molecule has 0 spiro atoms. The molecule has 3 heterocycles. The van der Waals surface area contributed by atoms with Crippen LogP contribution in [0, 0.1) is 0 Å². The van der Waals surface area contributed by atoms with E-state index in [0.717, 1.165) is 0 Å². The molecule has 160 valence electrons. The van der Waals surface area contributed by atoms with E-state index in [9.17, 15) is 15.0 Å². The zero-order valence-electron chi connectivity index (χ0n) is 15.3. The van der Waals surface area contributed by atoms with Crippen LogP contribution in [0.3, 0.4) is 0 Å². The van der Waals surface area contributed by atoms with Crippen molar-refractivity contribution in [2.24, 2.45) is 11.6 Å². The molecule has 2 aromatic rings. The maximum Gasteiger partial charge on any atom is 0.324 e. The van der Waals surface area contributed by atoms with Crippen LogP contribution in [0.25, 0.3) is 11.2 Å². The maximum atomic E-state index is 12.1. The molecular formula is C15H23ClN8O5. The highest BCUT2D eigenvalue weighted by Crippen LogP contribution is 2.32. The Labute approximate surface area is 170 Å². The number of hydrogen-bond donors (Lipinski definition) is 6. The third kappa shape index (κ3) is 4.40. The number of anilines is 1. The van der Waals surface area contributed by atoms with Gasteiger partial charge in [-0.2, -0.15) is 9.97 Å². The molecule has 1 aliphatic heterocycles. The molecule has 5 atom stereocenters. The summed E-state index contributed by atoms with van der Waals surface area (Å²) in [5.74, 6) is 4.80. The molecule has 1 fully saturated rings. The Bertz CT molecular complexity index is 867. The third-order valence-electron chi connectivity index (χ3n) is 4.60. The molecule has 0 saturated carbocycles. The van der Waals surface area contributed by atoms with Crippen LogP contribution in [-0.4, -0.2) is 73.2 Å². The lowest BCUT2D eigenvalue weighted by Crippen LogP contribution is -2.44. The Morgan fingerprint density at radius 2 is 2.17 bits per heavy atom.